The number of carboxylic acid groups (broad SMARTS) is 1. The molecule has 0 bridgehead atoms. The molecule has 1 aromatic heterocycles. The molecule has 7 heteroatoms. The van der Waals surface area contributed by atoms with Crippen molar-refractivity contribution in [2.75, 3.05) is 13.1 Å². The lowest BCUT2D eigenvalue weighted by Crippen LogP contribution is -2.53. The van der Waals surface area contributed by atoms with Crippen LogP contribution in [0.5, 0.6) is 0 Å². The number of carboxylic acids is 1. The molecule has 0 aromatic carbocycles. The largest absolute Gasteiger partial charge is 0.476 e. The van der Waals surface area contributed by atoms with E-state index in [0.717, 1.165) is 19.3 Å². The van der Waals surface area contributed by atoms with Gasteiger partial charge in [-0.15, -0.1) is 5.10 Å². The van der Waals surface area contributed by atoms with Crippen molar-refractivity contribution < 1.29 is 14.7 Å². The van der Waals surface area contributed by atoms with E-state index in [-0.39, 0.29) is 23.6 Å². The third kappa shape index (κ3) is 2.17. The number of hydrogen-bond donors (Lipinski definition) is 1. The first-order chi connectivity index (χ1) is 9.56. The van der Waals surface area contributed by atoms with Crippen LogP contribution in [0.1, 0.15) is 42.7 Å². The molecular weight excluding hydrogens is 260 g/mol. The molecule has 1 saturated carbocycles. The SMILES string of the molecule is CC1CCCC1C(=O)N1CC(n2cc(C(=O)O)nn2)C1. The summed E-state index contributed by atoms with van der Waals surface area (Å²) < 4.78 is 1.55. The molecule has 20 heavy (non-hydrogen) atoms. The van der Waals surface area contributed by atoms with Crippen molar-refractivity contribution in [1.29, 1.82) is 0 Å². The molecule has 3 rings (SSSR count). The fourth-order valence-electron chi connectivity index (χ4n) is 3.10. The summed E-state index contributed by atoms with van der Waals surface area (Å²) in [5, 5.41) is 16.2. The van der Waals surface area contributed by atoms with Crippen LogP contribution >= 0.6 is 0 Å². The van der Waals surface area contributed by atoms with E-state index in [4.69, 9.17) is 5.11 Å². The molecule has 7 nitrogen and oxygen atoms in total. The third-order valence-electron chi connectivity index (χ3n) is 4.46. The van der Waals surface area contributed by atoms with Gasteiger partial charge >= 0.3 is 5.97 Å². The topological polar surface area (TPSA) is 88.3 Å². The Kier molecular flexibility index (Phi) is 3.19. The first-order valence-electron chi connectivity index (χ1n) is 7.00. The number of carbonyl (C=O) groups excluding carboxylic acids is 1. The van der Waals surface area contributed by atoms with Gasteiger partial charge in [-0.3, -0.25) is 4.79 Å². The molecule has 2 atom stereocenters. The van der Waals surface area contributed by atoms with Crippen LogP contribution in [-0.2, 0) is 4.79 Å². The number of carbonyl (C=O) groups is 2. The first-order valence-corrected chi connectivity index (χ1v) is 7.00. The van der Waals surface area contributed by atoms with Crippen molar-refractivity contribution >= 4 is 11.9 Å². The minimum absolute atomic E-state index is 0.0521. The monoisotopic (exact) mass is 278 g/mol. The van der Waals surface area contributed by atoms with Crippen LogP contribution in [0.15, 0.2) is 6.20 Å². The maximum absolute atomic E-state index is 12.3. The number of rotatable bonds is 3. The molecular formula is C13H18N4O3. The third-order valence-corrected chi connectivity index (χ3v) is 4.46. The van der Waals surface area contributed by atoms with E-state index in [0.29, 0.717) is 19.0 Å². The van der Waals surface area contributed by atoms with Gasteiger partial charge in [-0.1, -0.05) is 18.6 Å². The highest BCUT2D eigenvalue weighted by Gasteiger charge is 2.39. The second kappa shape index (κ2) is 4.88. The molecule has 1 aliphatic heterocycles. The molecule has 2 unspecified atom stereocenters. The van der Waals surface area contributed by atoms with Crippen LogP contribution in [0, 0.1) is 11.8 Å². The van der Waals surface area contributed by atoms with Crippen LogP contribution in [0.25, 0.3) is 0 Å². The summed E-state index contributed by atoms with van der Waals surface area (Å²) in [6.45, 7) is 3.35. The number of nitrogens with zero attached hydrogens (tertiary/aromatic N) is 4. The molecule has 1 N–H and O–H groups in total. The van der Waals surface area contributed by atoms with E-state index in [2.05, 4.69) is 17.2 Å². The van der Waals surface area contributed by atoms with Crippen molar-refractivity contribution in [1.82, 2.24) is 19.9 Å². The zero-order chi connectivity index (χ0) is 14.3. The van der Waals surface area contributed by atoms with E-state index in [1.807, 2.05) is 4.90 Å². The van der Waals surface area contributed by atoms with Gasteiger partial charge in [0.1, 0.15) is 0 Å². The standard InChI is InChI=1S/C13H18N4O3/c1-8-3-2-4-10(8)12(18)16-5-9(6-16)17-7-11(13(19)20)14-15-17/h7-10H,2-6H2,1H3,(H,19,20). The smallest absolute Gasteiger partial charge is 0.358 e. The van der Waals surface area contributed by atoms with E-state index in [1.54, 1.807) is 4.68 Å². The summed E-state index contributed by atoms with van der Waals surface area (Å²) >= 11 is 0. The summed E-state index contributed by atoms with van der Waals surface area (Å²) in [6.07, 6.45) is 4.69. The maximum Gasteiger partial charge on any atom is 0.358 e. The summed E-state index contributed by atoms with van der Waals surface area (Å²) in [7, 11) is 0. The zero-order valence-electron chi connectivity index (χ0n) is 11.4. The molecule has 1 saturated heterocycles. The number of likely N-dealkylation sites (tertiary alicyclic amines) is 1. The van der Waals surface area contributed by atoms with Crippen LogP contribution in [0.4, 0.5) is 0 Å². The lowest BCUT2D eigenvalue weighted by atomic mass is 9.94. The average Bonchev–Trinajstić information content (AvgIpc) is 2.95. The predicted octanol–water partition coefficient (Wildman–Crippen LogP) is 0.796. The first kappa shape index (κ1) is 13.1. The highest BCUT2D eigenvalue weighted by Crippen LogP contribution is 2.34. The summed E-state index contributed by atoms with van der Waals surface area (Å²) in [5.74, 6) is -0.194. The van der Waals surface area contributed by atoms with Crippen molar-refractivity contribution in [2.45, 2.75) is 32.2 Å². The normalized spacial score (nSPS) is 26.6. The van der Waals surface area contributed by atoms with Crippen LogP contribution in [-0.4, -0.2) is 50.0 Å². The number of hydrogen-bond acceptors (Lipinski definition) is 4. The summed E-state index contributed by atoms with van der Waals surface area (Å²) in [5.41, 5.74) is -0.0563. The Morgan fingerprint density at radius 1 is 1.35 bits per heavy atom. The van der Waals surface area contributed by atoms with E-state index in [1.165, 1.54) is 6.20 Å². The lowest BCUT2D eigenvalue weighted by molar-refractivity contribution is -0.142. The highest BCUT2D eigenvalue weighted by atomic mass is 16.4. The van der Waals surface area contributed by atoms with Gasteiger partial charge in [-0.25, -0.2) is 9.48 Å². The Morgan fingerprint density at radius 3 is 2.65 bits per heavy atom. The highest BCUT2D eigenvalue weighted by molar-refractivity contribution is 5.84. The second-order valence-electron chi connectivity index (χ2n) is 5.80. The summed E-state index contributed by atoms with van der Waals surface area (Å²) in [4.78, 5) is 24.9. The second-order valence-corrected chi connectivity index (χ2v) is 5.80. The van der Waals surface area contributed by atoms with Crippen LogP contribution < -0.4 is 0 Å². The average molecular weight is 278 g/mol. The molecule has 1 aliphatic carbocycles. The van der Waals surface area contributed by atoms with Crippen LogP contribution in [0.3, 0.4) is 0 Å². The van der Waals surface area contributed by atoms with Crippen molar-refractivity contribution in [3.05, 3.63) is 11.9 Å². The maximum atomic E-state index is 12.3. The van der Waals surface area contributed by atoms with Crippen LogP contribution in [0.2, 0.25) is 0 Å². The number of aromatic carboxylic acids is 1. The molecule has 2 aliphatic rings. The molecule has 2 heterocycles. The van der Waals surface area contributed by atoms with E-state index >= 15 is 0 Å². The predicted molar refractivity (Wildman–Crippen MR) is 69.1 cm³/mol. The van der Waals surface area contributed by atoms with Gasteiger partial charge in [0.15, 0.2) is 5.69 Å². The Balaban J connectivity index is 1.58. The van der Waals surface area contributed by atoms with Gasteiger partial charge < -0.3 is 10.0 Å². The van der Waals surface area contributed by atoms with Gasteiger partial charge in [0.25, 0.3) is 0 Å². The zero-order valence-corrected chi connectivity index (χ0v) is 11.4. The van der Waals surface area contributed by atoms with Gasteiger partial charge in [0.05, 0.1) is 12.2 Å². The lowest BCUT2D eigenvalue weighted by Gasteiger charge is -2.40. The Morgan fingerprint density at radius 2 is 2.10 bits per heavy atom. The van der Waals surface area contributed by atoms with E-state index < -0.39 is 5.97 Å². The van der Waals surface area contributed by atoms with E-state index in [9.17, 15) is 9.59 Å². The summed E-state index contributed by atoms with van der Waals surface area (Å²) in [6, 6.07) is 0.0521. The van der Waals surface area contributed by atoms with Gasteiger partial charge in [-0.05, 0) is 18.8 Å². The minimum Gasteiger partial charge on any atom is -0.476 e. The molecule has 0 spiro atoms. The van der Waals surface area contributed by atoms with Gasteiger partial charge in [0.2, 0.25) is 5.91 Å². The molecule has 108 valence electrons. The quantitative estimate of drug-likeness (QED) is 0.883. The molecule has 0 radical (unpaired) electrons. The van der Waals surface area contributed by atoms with Crippen molar-refractivity contribution in [2.24, 2.45) is 11.8 Å². The Hall–Kier alpha value is -1.92. The molecule has 1 aromatic rings. The minimum atomic E-state index is -1.08. The number of amides is 1. The van der Waals surface area contributed by atoms with Gasteiger partial charge in [0, 0.05) is 19.0 Å². The van der Waals surface area contributed by atoms with Crippen molar-refractivity contribution in [3.63, 3.8) is 0 Å². The Labute approximate surface area is 116 Å². The molecule has 2 fully saturated rings. The van der Waals surface area contributed by atoms with Crippen molar-refractivity contribution in [3.8, 4) is 0 Å². The van der Waals surface area contributed by atoms with Gasteiger partial charge in [-0.2, -0.15) is 0 Å². The fraction of sp³-hybridized carbons (Fsp3) is 0.692. The Bertz CT molecular complexity index is 535. The number of aromatic nitrogens is 3. The fourth-order valence-corrected chi connectivity index (χ4v) is 3.10. The molecule has 1 amide bonds.